The Kier molecular flexibility index (Phi) is 4.98. The Labute approximate surface area is 93.3 Å². The lowest BCUT2D eigenvalue weighted by molar-refractivity contribution is 0.0958. The normalized spacial score (nSPS) is 10.1. The van der Waals surface area contributed by atoms with Crippen LogP contribution in [0.4, 0.5) is 0 Å². The Bertz CT molecular complexity index is 298. The van der Waals surface area contributed by atoms with Gasteiger partial charge in [0.1, 0.15) is 0 Å². The van der Waals surface area contributed by atoms with E-state index in [0.717, 1.165) is 17.7 Å². The molecule has 14 heavy (non-hydrogen) atoms. The monoisotopic (exact) mass is 231 g/mol. The van der Waals surface area contributed by atoms with Gasteiger partial charge in [0.05, 0.1) is 4.88 Å². The Hall–Kier alpha value is -0.540. The number of halogens is 1. The number of nitrogens with one attached hydrogen (secondary N) is 1. The summed E-state index contributed by atoms with van der Waals surface area (Å²) in [5.41, 5.74) is 0. The average molecular weight is 232 g/mol. The predicted octanol–water partition coefficient (Wildman–Crippen LogP) is 2.67. The molecule has 0 fully saturated rings. The zero-order chi connectivity index (χ0) is 10.4. The highest BCUT2D eigenvalue weighted by Crippen LogP contribution is 2.16. The van der Waals surface area contributed by atoms with E-state index in [4.69, 9.17) is 11.6 Å². The van der Waals surface area contributed by atoms with Gasteiger partial charge in [-0.2, -0.15) is 0 Å². The molecule has 0 radical (unpaired) electrons. The fraction of sp³-hybridized carbons (Fsp3) is 0.500. The topological polar surface area (TPSA) is 29.1 Å². The van der Waals surface area contributed by atoms with Crippen LogP contribution >= 0.6 is 22.9 Å². The van der Waals surface area contributed by atoms with Gasteiger partial charge in [0, 0.05) is 17.3 Å². The van der Waals surface area contributed by atoms with E-state index in [0.29, 0.717) is 12.4 Å². The maximum absolute atomic E-state index is 11.5. The van der Waals surface area contributed by atoms with Crippen molar-refractivity contribution in [2.45, 2.75) is 19.8 Å². The number of amides is 1. The third-order valence-corrected chi connectivity index (χ3v) is 3.33. The molecule has 1 N–H and O–H groups in total. The van der Waals surface area contributed by atoms with Crippen molar-refractivity contribution in [2.24, 2.45) is 0 Å². The Morgan fingerprint density at radius 2 is 2.36 bits per heavy atom. The van der Waals surface area contributed by atoms with Gasteiger partial charge in [-0.05, 0) is 25.0 Å². The highest BCUT2D eigenvalue weighted by Gasteiger charge is 2.07. The molecule has 0 atom stereocenters. The molecule has 1 amide bonds. The van der Waals surface area contributed by atoms with Gasteiger partial charge in [-0.3, -0.25) is 4.79 Å². The molecule has 0 aromatic carbocycles. The Balaban J connectivity index is 2.44. The minimum Gasteiger partial charge on any atom is -0.351 e. The largest absolute Gasteiger partial charge is 0.351 e. The third-order valence-electron chi connectivity index (χ3n) is 1.83. The lowest BCUT2D eigenvalue weighted by atomic mass is 10.3. The molecule has 1 aromatic rings. The number of carbonyl (C=O) groups is 1. The number of thiophene rings is 1. The molecule has 0 spiro atoms. The number of aryl methyl sites for hydroxylation is 1. The zero-order valence-corrected chi connectivity index (χ0v) is 9.75. The summed E-state index contributed by atoms with van der Waals surface area (Å²) in [7, 11) is 0. The fourth-order valence-electron chi connectivity index (χ4n) is 1.05. The zero-order valence-electron chi connectivity index (χ0n) is 8.18. The van der Waals surface area contributed by atoms with Crippen molar-refractivity contribution in [1.82, 2.24) is 5.32 Å². The van der Waals surface area contributed by atoms with Crippen LogP contribution in [0.1, 0.15) is 27.9 Å². The van der Waals surface area contributed by atoms with E-state index in [1.807, 2.05) is 12.1 Å². The van der Waals surface area contributed by atoms with E-state index in [-0.39, 0.29) is 5.91 Å². The van der Waals surface area contributed by atoms with Crippen LogP contribution in [-0.2, 0) is 6.42 Å². The summed E-state index contributed by atoms with van der Waals surface area (Å²) in [5.74, 6) is 0.602. The van der Waals surface area contributed by atoms with Gasteiger partial charge in [0.25, 0.3) is 5.91 Å². The summed E-state index contributed by atoms with van der Waals surface area (Å²) in [4.78, 5) is 13.5. The molecule has 4 heteroatoms. The smallest absolute Gasteiger partial charge is 0.261 e. The molecule has 0 saturated heterocycles. The summed E-state index contributed by atoms with van der Waals surface area (Å²) in [6, 6.07) is 3.88. The van der Waals surface area contributed by atoms with Crippen molar-refractivity contribution in [3.05, 3.63) is 21.9 Å². The summed E-state index contributed by atoms with van der Waals surface area (Å²) in [5, 5.41) is 2.82. The summed E-state index contributed by atoms with van der Waals surface area (Å²) in [6.45, 7) is 2.74. The number of alkyl halides is 1. The molecule has 0 unspecified atom stereocenters. The summed E-state index contributed by atoms with van der Waals surface area (Å²) >= 11 is 7.06. The van der Waals surface area contributed by atoms with Crippen LogP contribution in [0, 0.1) is 0 Å². The molecule has 1 aromatic heterocycles. The van der Waals surface area contributed by atoms with Gasteiger partial charge in [0.15, 0.2) is 0 Å². The molecule has 0 aliphatic rings. The lowest BCUT2D eigenvalue weighted by Crippen LogP contribution is -2.23. The molecule has 78 valence electrons. The minimum absolute atomic E-state index is 0.0137. The highest BCUT2D eigenvalue weighted by molar-refractivity contribution is 7.14. The first-order valence-corrected chi connectivity index (χ1v) is 6.06. The second kappa shape index (κ2) is 6.04. The van der Waals surface area contributed by atoms with E-state index < -0.39 is 0 Å². The quantitative estimate of drug-likeness (QED) is 0.613. The van der Waals surface area contributed by atoms with Crippen molar-refractivity contribution >= 4 is 28.8 Å². The van der Waals surface area contributed by atoms with Gasteiger partial charge in [-0.15, -0.1) is 22.9 Å². The second-order valence-corrected chi connectivity index (χ2v) is 4.46. The fourth-order valence-corrected chi connectivity index (χ4v) is 2.04. The first kappa shape index (κ1) is 11.5. The van der Waals surface area contributed by atoms with Crippen LogP contribution in [0.15, 0.2) is 12.1 Å². The van der Waals surface area contributed by atoms with E-state index in [1.54, 1.807) is 11.3 Å². The van der Waals surface area contributed by atoms with Gasteiger partial charge < -0.3 is 5.32 Å². The van der Waals surface area contributed by atoms with Crippen molar-refractivity contribution in [3.8, 4) is 0 Å². The molecule has 1 rings (SSSR count). The van der Waals surface area contributed by atoms with Crippen LogP contribution in [0.25, 0.3) is 0 Å². The van der Waals surface area contributed by atoms with E-state index >= 15 is 0 Å². The van der Waals surface area contributed by atoms with E-state index in [9.17, 15) is 4.79 Å². The van der Waals surface area contributed by atoms with Gasteiger partial charge >= 0.3 is 0 Å². The van der Waals surface area contributed by atoms with Crippen molar-refractivity contribution in [3.63, 3.8) is 0 Å². The summed E-state index contributed by atoms with van der Waals surface area (Å²) < 4.78 is 0. The third kappa shape index (κ3) is 3.31. The lowest BCUT2D eigenvalue weighted by Gasteiger charge is -2.00. The molecular formula is C10H14ClNOS. The average Bonchev–Trinajstić information content (AvgIpc) is 2.66. The molecule has 2 nitrogen and oxygen atoms in total. The Morgan fingerprint density at radius 3 is 2.93 bits per heavy atom. The molecule has 0 aliphatic heterocycles. The van der Waals surface area contributed by atoms with E-state index in [1.165, 1.54) is 4.88 Å². The Morgan fingerprint density at radius 1 is 1.57 bits per heavy atom. The molecule has 0 saturated carbocycles. The first-order chi connectivity index (χ1) is 6.77. The van der Waals surface area contributed by atoms with Gasteiger partial charge in [0.2, 0.25) is 0 Å². The van der Waals surface area contributed by atoms with E-state index in [2.05, 4.69) is 12.2 Å². The minimum atomic E-state index is 0.0137. The maximum atomic E-state index is 11.5. The number of hydrogen-bond donors (Lipinski definition) is 1. The first-order valence-electron chi connectivity index (χ1n) is 4.70. The highest BCUT2D eigenvalue weighted by atomic mass is 35.5. The molecule has 0 bridgehead atoms. The van der Waals surface area contributed by atoms with Crippen molar-refractivity contribution in [2.75, 3.05) is 12.4 Å². The molecule has 1 heterocycles. The molecular weight excluding hydrogens is 218 g/mol. The summed E-state index contributed by atoms with van der Waals surface area (Å²) in [6.07, 6.45) is 1.80. The standard InChI is InChI=1S/C10H14ClNOS/c1-2-8-4-5-9(14-8)10(13)12-7-3-6-11/h4-5H,2-3,6-7H2,1H3,(H,12,13). The maximum Gasteiger partial charge on any atom is 0.261 e. The number of carbonyl (C=O) groups excluding carboxylic acids is 1. The van der Waals surface area contributed by atoms with Crippen LogP contribution in [0.3, 0.4) is 0 Å². The van der Waals surface area contributed by atoms with Crippen LogP contribution in [0.5, 0.6) is 0 Å². The van der Waals surface area contributed by atoms with Crippen molar-refractivity contribution < 1.29 is 4.79 Å². The molecule has 0 aliphatic carbocycles. The van der Waals surface area contributed by atoms with Crippen LogP contribution in [-0.4, -0.2) is 18.3 Å². The number of rotatable bonds is 5. The van der Waals surface area contributed by atoms with Gasteiger partial charge in [-0.1, -0.05) is 6.92 Å². The van der Waals surface area contributed by atoms with Crippen LogP contribution < -0.4 is 5.32 Å². The second-order valence-electron chi connectivity index (χ2n) is 2.92. The number of hydrogen-bond acceptors (Lipinski definition) is 2. The van der Waals surface area contributed by atoms with Crippen LogP contribution in [0.2, 0.25) is 0 Å². The van der Waals surface area contributed by atoms with Gasteiger partial charge in [-0.25, -0.2) is 0 Å². The SMILES string of the molecule is CCc1ccc(C(=O)NCCCCl)s1. The predicted molar refractivity (Wildman–Crippen MR) is 61.4 cm³/mol. The van der Waals surface area contributed by atoms with Crippen molar-refractivity contribution in [1.29, 1.82) is 0 Å².